The predicted octanol–water partition coefficient (Wildman–Crippen LogP) is 2.96. The number of nitrogens with one attached hydrogen (secondary N) is 1. The first-order valence-corrected chi connectivity index (χ1v) is 8.88. The molecule has 0 saturated heterocycles. The fourth-order valence-corrected chi connectivity index (χ4v) is 3.61. The smallest absolute Gasteiger partial charge is 0.261 e. The Morgan fingerprint density at radius 2 is 2.19 bits per heavy atom. The summed E-state index contributed by atoms with van der Waals surface area (Å²) in [5, 5.41) is 3.88. The van der Waals surface area contributed by atoms with Gasteiger partial charge in [0.25, 0.3) is 5.56 Å². The molecule has 136 valence electrons. The summed E-state index contributed by atoms with van der Waals surface area (Å²) >= 11 is 13.0. The third-order valence-corrected chi connectivity index (χ3v) is 5.44. The van der Waals surface area contributed by atoms with Crippen molar-refractivity contribution in [2.45, 2.75) is 19.5 Å². The zero-order valence-electron chi connectivity index (χ0n) is 13.3. The Morgan fingerprint density at radius 1 is 1.46 bits per heavy atom. The topological polar surface area (TPSA) is 103 Å². The van der Waals surface area contributed by atoms with Crippen LogP contribution in [0.4, 0.5) is 10.1 Å². The van der Waals surface area contributed by atoms with Gasteiger partial charge in [-0.1, -0.05) is 23.2 Å². The number of primary amides is 1. The van der Waals surface area contributed by atoms with Crippen LogP contribution in [0.3, 0.4) is 0 Å². The summed E-state index contributed by atoms with van der Waals surface area (Å²) in [5.74, 6) is -1.37. The molecule has 26 heavy (non-hydrogen) atoms. The van der Waals surface area contributed by atoms with Gasteiger partial charge in [-0.2, -0.15) is 0 Å². The van der Waals surface area contributed by atoms with E-state index in [1.807, 2.05) is 0 Å². The van der Waals surface area contributed by atoms with Crippen LogP contribution in [0.1, 0.15) is 18.0 Å². The zero-order chi connectivity index (χ0) is 19.0. The number of halogens is 3. The van der Waals surface area contributed by atoms with E-state index in [0.717, 1.165) is 10.9 Å². The van der Waals surface area contributed by atoms with Crippen LogP contribution >= 0.6 is 34.5 Å². The molecule has 0 aliphatic heterocycles. The highest BCUT2D eigenvalue weighted by Gasteiger charge is 2.16. The van der Waals surface area contributed by atoms with Crippen molar-refractivity contribution in [3.63, 3.8) is 0 Å². The molecule has 2 aromatic heterocycles. The van der Waals surface area contributed by atoms with Gasteiger partial charge in [0, 0.05) is 5.69 Å². The van der Waals surface area contributed by atoms with Crippen molar-refractivity contribution in [3.05, 3.63) is 49.1 Å². The maximum absolute atomic E-state index is 14.3. The lowest BCUT2D eigenvalue weighted by Gasteiger charge is -2.14. The van der Waals surface area contributed by atoms with E-state index in [1.165, 1.54) is 23.5 Å². The minimum Gasteiger partial charge on any atom is -0.376 e. The number of benzene rings is 1. The Kier molecular flexibility index (Phi) is 5.12. The Hall–Kier alpha value is -2.23. The van der Waals surface area contributed by atoms with Crippen molar-refractivity contribution < 1.29 is 9.18 Å². The van der Waals surface area contributed by atoms with Crippen LogP contribution in [0, 0.1) is 5.82 Å². The molecule has 0 bridgehead atoms. The first kappa shape index (κ1) is 18.6. The highest BCUT2D eigenvalue weighted by atomic mass is 35.5. The first-order valence-electron chi connectivity index (χ1n) is 7.31. The second-order valence-electron chi connectivity index (χ2n) is 5.48. The minimum absolute atomic E-state index is 0.0265. The number of hydrogen-bond acceptors (Lipinski definition) is 6. The number of carbonyl (C=O) groups excluding carboxylic acids is 1. The van der Waals surface area contributed by atoms with Crippen molar-refractivity contribution in [2.24, 2.45) is 5.73 Å². The second-order valence-corrected chi connectivity index (χ2v) is 7.47. The molecule has 0 radical (unpaired) electrons. The Labute approximate surface area is 160 Å². The number of hydrogen-bond donors (Lipinski definition) is 2. The van der Waals surface area contributed by atoms with Gasteiger partial charge in [0.2, 0.25) is 5.91 Å². The van der Waals surface area contributed by atoms with Crippen LogP contribution in [0.5, 0.6) is 0 Å². The molecule has 11 heteroatoms. The van der Waals surface area contributed by atoms with E-state index < -0.39 is 17.3 Å². The summed E-state index contributed by atoms with van der Waals surface area (Å²) in [6.45, 7) is 1.45. The summed E-state index contributed by atoms with van der Waals surface area (Å²) in [4.78, 5) is 31.5. The molecule has 0 aliphatic rings. The molecule has 1 atom stereocenters. The number of fused-ring (bicyclic) bond motifs is 1. The number of carbonyl (C=O) groups is 1. The third kappa shape index (κ3) is 3.64. The van der Waals surface area contributed by atoms with E-state index in [2.05, 4.69) is 15.3 Å². The Morgan fingerprint density at radius 3 is 2.81 bits per heavy atom. The summed E-state index contributed by atoms with van der Waals surface area (Å²) in [6.07, 6.45) is 1.09. The molecule has 1 amide bonds. The SMILES string of the molecule is C[C@@H](Nc1cc(F)c2ncn(CC(N)=O)c(=O)c2c1)c1nc(Cl)c(Cl)s1. The van der Waals surface area contributed by atoms with E-state index in [1.54, 1.807) is 6.92 Å². The molecule has 3 N–H and O–H groups in total. The van der Waals surface area contributed by atoms with Gasteiger partial charge in [0.15, 0.2) is 11.0 Å². The van der Waals surface area contributed by atoms with Gasteiger partial charge in [0.05, 0.1) is 17.8 Å². The lowest BCUT2D eigenvalue weighted by molar-refractivity contribution is -0.118. The normalized spacial score (nSPS) is 12.3. The maximum Gasteiger partial charge on any atom is 0.261 e. The second kappa shape index (κ2) is 7.18. The fraction of sp³-hybridized carbons (Fsp3) is 0.200. The van der Waals surface area contributed by atoms with Crippen molar-refractivity contribution >= 4 is 57.0 Å². The number of amides is 1. The van der Waals surface area contributed by atoms with E-state index in [-0.39, 0.29) is 28.6 Å². The Balaban J connectivity index is 2.00. The average molecular weight is 416 g/mol. The lowest BCUT2D eigenvalue weighted by Crippen LogP contribution is -2.28. The number of nitrogens with zero attached hydrogens (tertiary/aromatic N) is 3. The van der Waals surface area contributed by atoms with Crippen molar-refractivity contribution in [2.75, 3.05) is 5.32 Å². The molecule has 3 rings (SSSR count). The minimum atomic E-state index is -0.700. The van der Waals surface area contributed by atoms with E-state index in [9.17, 15) is 14.0 Å². The standard InChI is InChI=1S/C15H12Cl2FN5O2S/c1-6(14-22-12(16)13(17)26-14)21-7-2-8-11(9(18)3-7)20-5-23(15(8)25)4-10(19)24/h2-3,5-6,21H,4H2,1H3,(H2,19,24)/t6-/m1/s1. The van der Waals surface area contributed by atoms with Gasteiger partial charge in [-0.3, -0.25) is 14.2 Å². The van der Waals surface area contributed by atoms with E-state index in [4.69, 9.17) is 28.9 Å². The maximum atomic E-state index is 14.3. The van der Waals surface area contributed by atoms with Crippen LogP contribution in [0.15, 0.2) is 23.3 Å². The summed E-state index contributed by atoms with van der Waals surface area (Å²) in [7, 11) is 0. The summed E-state index contributed by atoms with van der Waals surface area (Å²) < 4.78 is 15.7. The van der Waals surface area contributed by atoms with Gasteiger partial charge in [0.1, 0.15) is 21.4 Å². The fourth-order valence-electron chi connectivity index (χ4n) is 2.39. The number of anilines is 1. The molecule has 0 spiro atoms. The van der Waals surface area contributed by atoms with Crippen molar-refractivity contribution in [1.29, 1.82) is 0 Å². The van der Waals surface area contributed by atoms with Crippen LogP contribution in [-0.2, 0) is 11.3 Å². The predicted molar refractivity (Wildman–Crippen MR) is 99.3 cm³/mol. The monoisotopic (exact) mass is 415 g/mol. The van der Waals surface area contributed by atoms with Crippen molar-refractivity contribution in [3.8, 4) is 0 Å². The van der Waals surface area contributed by atoms with E-state index in [0.29, 0.717) is 15.0 Å². The summed E-state index contributed by atoms with van der Waals surface area (Å²) in [6, 6.07) is 2.35. The number of thiazole rings is 1. The highest BCUT2D eigenvalue weighted by Crippen LogP contribution is 2.33. The number of nitrogens with two attached hydrogens (primary N) is 1. The van der Waals surface area contributed by atoms with E-state index >= 15 is 0 Å². The zero-order valence-corrected chi connectivity index (χ0v) is 15.6. The molecule has 7 nitrogen and oxygen atoms in total. The third-order valence-electron chi connectivity index (χ3n) is 3.53. The molecule has 2 heterocycles. The molecule has 1 aromatic carbocycles. The van der Waals surface area contributed by atoms with Crippen molar-refractivity contribution in [1.82, 2.24) is 14.5 Å². The van der Waals surface area contributed by atoms with Crippen LogP contribution in [-0.4, -0.2) is 20.4 Å². The molecule has 0 saturated carbocycles. The molecule has 3 aromatic rings. The average Bonchev–Trinajstić information content (AvgIpc) is 2.90. The molecule has 0 aliphatic carbocycles. The van der Waals surface area contributed by atoms with Crippen LogP contribution in [0.25, 0.3) is 10.9 Å². The molecular weight excluding hydrogens is 404 g/mol. The molecule has 0 unspecified atom stereocenters. The van der Waals surface area contributed by atoms with Gasteiger partial charge in [-0.05, 0) is 19.1 Å². The first-order chi connectivity index (χ1) is 12.3. The van der Waals surface area contributed by atoms with Gasteiger partial charge < -0.3 is 11.1 Å². The number of rotatable bonds is 5. The van der Waals surface area contributed by atoms with Crippen LogP contribution < -0.4 is 16.6 Å². The molecular formula is C15H12Cl2FN5O2S. The Bertz CT molecular complexity index is 1050. The van der Waals surface area contributed by atoms with Crippen LogP contribution in [0.2, 0.25) is 9.49 Å². The number of aromatic nitrogens is 3. The molecule has 0 fully saturated rings. The lowest BCUT2D eigenvalue weighted by atomic mass is 10.2. The van der Waals surface area contributed by atoms with Gasteiger partial charge in [-0.15, -0.1) is 11.3 Å². The largest absolute Gasteiger partial charge is 0.376 e. The summed E-state index contributed by atoms with van der Waals surface area (Å²) in [5.41, 5.74) is 4.80. The quantitative estimate of drug-likeness (QED) is 0.666. The highest BCUT2D eigenvalue weighted by molar-refractivity contribution is 7.16. The van der Waals surface area contributed by atoms with Gasteiger partial charge in [-0.25, -0.2) is 14.4 Å². The van der Waals surface area contributed by atoms with Gasteiger partial charge >= 0.3 is 0 Å².